The van der Waals surface area contributed by atoms with Gasteiger partial charge in [-0.2, -0.15) is 0 Å². The zero-order valence-corrected chi connectivity index (χ0v) is 14.6. The van der Waals surface area contributed by atoms with Gasteiger partial charge in [0, 0.05) is 39.8 Å². The fraction of sp³-hybridized carbons (Fsp3) is 0.556. The van der Waals surface area contributed by atoms with Crippen molar-refractivity contribution in [1.29, 1.82) is 0 Å². The molecule has 0 fully saturated rings. The normalized spacial score (nSPS) is 11.1. The molecular weight excluding hydrogens is 306 g/mol. The van der Waals surface area contributed by atoms with E-state index in [0.29, 0.717) is 26.1 Å². The van der Waals surface area contributed by atoms with E-state index in [1.54, 1.807) is 16.2 Å². The van der Waals surface area contributed by atoms with Gasteiger partial charge in [-0.15, -0.1) is 0 Å². The molecule has 0 bridgehead atoms. The minimum Gasteiger partial charge on any atom is -0.381 e. The van der Waals surface area contributed by atoms with E-state index >= 15 is 0 Å². The Morgan fingerprint density at radius 2 is 1.88 bits per heavy atom. The Kier molecular flexibility index (Phi) is 7.06. The van der Waals surface area contributed by atoms with Crippen LogP contribution in [0.4, 0.5) is 0 Å². The van der Waals surface area contributed by atoms with Crippen LogP contribution in [0.5, 0.6) is 0 Å². The Hall–Kier alpha value is -2.08. The van der Waals surface area contributed by atoms with Gasteiger partial charge >= 0.3 is 5.69 Å². The maximum Gasteiger partial charge on any atom is 0.328 e. The number of para-hydroxylation sites is 2. The summed E-state index contributed by atoms with van der Waals surface area (Å²) in [7, 11) is 1.75. The van der Waals surface area contributed by atoms with Gasteiger partial charge < -0.3 is 10.1 Å². The Morgan fingerprint density at radius 1 is 1.17 bits per heavy atom. The summed E-state index contributed by atoms with van der Waals surface area (Å²) in [4.78, 5) is 24.2. The van der Waals surface area contributed by atoms with Gasteiger partial charge in [-0.05, 0) is 25.0 Å². The molecule has 0 spiro atoms. The lowest BCUT2D eigenvalue weighted by Gasteiger charge is -2.07. The van der Waals surface area contributed by atoms with Crippen LogP contribution in [-0.2, 0) is 23.1 Å². The number of unbranched alkanes of at least 4 members (excludes halogenated alkanes) is 1. The topological polar surface area (TPSA) is 65.3 Å². The SMILES string of the molecule is CCCCOCCCNC(=O)CCn1c(=O)n(C)c2ccccc21. The van der Waals surface area contributed by atoms with Crippen LogP contribution in [-0.4, -0.2) is 34.8 Å². The van der Waals surface area contributed by atoms with Crippen LogP contribution < -0.4 is 11.0 Å². The molecule has 0 aliphatic rings. The Labute approximate surface area is 142 Å². The number of benzene rings is 1. The highest BCUT2D eigenvalue weighted by molar-refractivity contribution is 5.77. The lowest BCUT2D eigenvalue weighted by atomic mass is 10.3. The lowest BCUT2D eigenvalue weighted by molar-refractivity contribution is -0.121. The van der Waals surface area contributed by atoms with Gasteiger partial charge in [0.2, 0.25) is 5.91 Å². The number of nitrogens with zero attached hydrogens (tertiary/aromatic N) is 2. The second kappa shape index (κ2) is 9.27. The lowest BCUT2D eigenvalue weighted by Crippen LogP contribution is -2.29. The van der Waals surface area contributed by atoms with E-state index in [0.717, 1.165) is 36.9 Å². The number of imidazole rings is 1. The van der Waals surface area contributed by atoms with Crippen molar-refractivity contribution in [3.63, 3.8) is 0 Å². The maximum absolute atomic E-state index is 12.3. The van der Waals surface area contributed by atoms with Crippen LogP contribution in [0.1, 0.15) is 32.6 Å². The van der Waals surface area contributed by atoms with Crippen molar-refractivity contribution in [3.8, 4) is 0 Å². The Balaban J connectivity index is 1.77. The maximum atomic E-state index is 12.3. The number of aryl methyl sites for hydroxylation is 2. The van der Waals surface area contributed by atoms with Crippen molar-refractivity contribution in [1.82, 2.24) is 14.5 Å². The van der Waals surface area contributed by atoms with Crippen molar-refractivity contribution in [3.05, 3.63) is 34.7 Å². The number of aromatic nitrogens is 2. The van der Waals surface area contributed by atoms with E-state index in [-0.39, 0.29) is 11.6 Å². The van der Waals surface area contributed by atoms with Crippen molar-refractivity contribution in [2.75, 3.05) is 19.8 Å². The summed E-state index contributed by atoms with van der Waals surface area (Å²) in [5.41, 5.74) is 1.66. The highest BCUT2D eigenvalue weighted by atomic mass is 16.5. The molecule has 2 aromatic rings. The van der Waals surface area contributed by atoms with Gasteiger partial charge in [0.25, 0.3) is 0 Å². The van der Waals surface area contributed by atoms with Crippen LogP contribution in [0.25, 0.3) is 11.0 Å². The smallest absolute Gasteiger partial charge is 0.328 e. The molecule has 1 heterocycles. The zero-order chi connectivity index (χ0) is 17.4. The largest absolute Gasteiger partial charge is 0.381 e. The molecule has 0 aliphatic carbocycles. The van der Waals surface area contributed by atoms with Gasteiger partial charge in [0.1, 0.15) is 0 Å². The molecule has 24 heavy (non-hydrogen) atoms. The number of rotatable bonds is 10. The molecule has 0 radical (unpaired) electrons. The second-order valence-electron chi connectivity index (χ2n) is 5.90. The third-order valence-corrected chi connectivity index (χ3v) is 4.04. The third kappa shape index (κ3) is 4.71. The van der Waals surface area contributed by atoms with Crippen LogP contribution in [0.15, 0.2) is 29.1 Å². The number of hydrogen-bond acceptors (Lipinski definition) is 3. The highest BCUT2D eigenvalue weighted by Gasteiger charge is 2.11. The molecule has 0 atom stereocenters. The van der Waals surface area contributed by atoms with E-state index in [9.17, 15) is 9.59 Å². The molecule has 6 heteroatoms. The standard InChI is InChI=1S/C18H27N3O3/c1-3-4-13-24-14-7-11-19-17(22)10-12-21-16-9-6-5-8-15(16)20(2)18(21)23/h5-6,8-9H,3-4,7,10-14H2,1-2H3,(H,19,22). The van der Waals surface area contributed by atoms with E-state index in [4.69, 9.17) is 4.74 Å². The molecule has 1 aromatic heterocycles. The molecule has 1 aromatic carbocycles. The monoisotopic (exact) mass is 333 g/mol. The van der Waals surface area contributed by atoms with Gasteiger partial charge in [-0.1, -0.05) is 25.5 Å². The minimum absolute atomic E-state index is 0.0385. The van der Waals surface area contributed by atoms with Crippen molar-refractivity contribution in [2.24, 2.45) is 7.05 Å². The molecule has 2 rings (SSSR count). The van der Waals surface area contributed by atoms with Gasteiger partial charge in [-0.25, -0.2) is 4.79 Å². The quantitative estimate of drug-likeness (QED) is 0.677. The van der Waals surface area contributed by atoms with E-state index in [2.05, 4.69) is 12.2 Å². The van der Waals surface area contributed by atoms with Crippen molar-refractivity contribution < 1.29 is 9.53 Å². The number of nitrogens with one attached hydrogen (secondary N) is 1. The molecule has 6 nitrogen and oxygen atoms in total. The zero-order valence-electron chi connectivity index (χ0n) is 14.6. The summed E-state index contributed by atoms with van der Waals surface area (Å²) in [6.07, 6.45) is 3.31. The Morgan fingerprint density at radius 3 is 2.62 bits per heavy atom. The van der Waals surface area contributed by atoms with Crippen LogP contribution in [0, 0.1) is 0 Å². The molecule has 1 N–H and O–H groups in total. The van der Waals surface area contributed by atoms with E-state index in [1.807, 2.05) is 24.3 Å². The van der Waals surface area contributed by atoms with Crippen LogP contribution in [0.3, 0.4) is 0 Å². The number of amides is 1. The molecule has 132 valence electrons. The first-order valence-corrected chi connectivity index (χ1v) is 8.64. The molecule has 0 aliphatic heterocycles. The second-order valence-corrected chi connectivity index (χ2v) is 5.90. The number of hydrogen-bond donors (Lipinski definition) is 1. The first-order valence-electron chi connectivity index (χ1n) is 8.64. The van der Waals surface area contributed by atoms with Crippen LogP contribution in [0.2, 0.25) is 0 Å². The molecule has 0 saturated heterocycles. The fourth-order valence-electron chi connectivity index (χ4n) is 2.63. The molecule has 0 unspecified atom stereocenters. The average molecular weight is 333 g/mol. The summed E-state index contributed by atoms with van der Waals surface area (Å²) >= 11 is 0. The molecule has 1 amide bonds. The summed E-state index contributed by atoms with van der Waals surface area (Å²) in [5, 5.41) is 2.88. The number of carbonyl (C=O) groups is 1. The first-order chi connectivity index (χ1) is 11.6. The highest BCUT2D eigenvalue weighted by Crippen LogP contribution is 2.11. The van der Waals surface area contributed by atoms with Crippen molar-refractivity contribution in [2.45, 2.75) is 39.2 Å². The first kappa shape index (κ1) is 18.3. The summed E-state index contributed by atoms with van der Waals surface area (Å²) < 4.78 is 8.72. The van der Waals surface area contributed by atoms with Gasteiger partial charge in [0.15, 0.2) is 0 Å². The average Bonchev–Trinajstić information content (AvgIpc) is 2.84. The van der Waals surface area contributed by atoms with Gasteiger partial charge in [0.05, 0.1) is 11.0 Å². The molecular formula is C18H27N3O3. The predicted molar refractivity (Wildman–Crippen MR) is 95.1 cm³/mol. The summed E-state index contributed by atoms with van der Waals surface area (Å²) in [6.45, 7) is 4.58. The number of fused-ring (bicyclic) bond motifs is 1. The fourth-order valence-corrected chi connectivity index (χ4v) is 2.63. The summed E-state index contributed by atoms with van der Waals surface area (Å²) in [6, 6.07) is 7.62. The number of ether oxygens (including phenoxy) is 1. The summed E-state index contributed by atoms with van der Waals surface area (Å²) in [5.74, 6) is -0.0385. The minimum atomic E-state index is -0.0895. The number of carbonyl (C=O) groups excluding carboxylic acids is 1. The van der Waals surface area contributed by atoms with Gasteiger partial charge in [-0.3, -0.25) is 13.9 Å². The van der Waals surface area contributed by atoms with Crippen molar-refractivity contribution >= 4 is 16.9 Å². The van der Waals surface area contributed by atoms with Crippen LogP contribution >= 0.6 is 0 Å². The van der Waals surface area contributed by atoms with E-state index < -0.39 is 0 Å². The molecule has 0 saturated carbocycles. The van der Waals surface area contributed by atoms with E-state index in [1.165, 1.54) is 0 Å². The predicted octanol–water partition coefficient (Wildman–Crippen LogP) is 2.05. The Bertz CT molecular complexity index is 718. The third-order valence-electron chi connectivity index (χ3n) is 4.04.